The fourth-order valence-electron chi connectivity index (χ4n) is 1.89. The monoisotopic (exact) mass is 280 g/mol. The number of carbonyl (C=O) groups excluding carboxylic acids is 1. The van der Waals surface area contributed by atoms with Crippen molar-refractivity contribution in [2.24, 2.45) is 0 Å². The third-order valence-electron chi connectivity index (χ3n) is 2.79. The maximum atomic E-state index is 11.5. The Labute approximate surface area is 117 Å². The van der Waals surface area contributed by atoms with Crippen LogP contribution in [0.5, 0.6) is 0 Å². The normalized spacial score (nSPS) is 10.7. The van der Waals surface area contributed by atoms with Crippen LogP contribution in [0, 0.1) is 24.0 Å². The van der Waals surface area contributed by atoms with Gasteiger partial charge in [-0.15, -0.1) is 0 Å². The number of pyridine rings is 1. The molecular weight excluding hydrogens is 260 g/mol. The number of carbonyl (C=O) groups is 1. The van der Waals surface area contributed by atoms with Gasteiger partial charge in [0.25, 0.3) is 5.69 Å². The maximum Gasteiger partial charge on any atom is 0.278 e. The molecule has 0 aliphatic carbocycles. The highest BCUT2D eigenvalue weighted by molar-refractivity contribution is 5.78. The van der Waals surface area contributed by atoms with Crippen LogP contribution < -0.4 is 10.6 Å². The van der Waals surface area contributed by atoms with Gasteiger partial charge in [-0.2, -0.15) is 0 Å². The SMILES string of the molecule is Cc1cnc(CNCC(=O)NC(C)C)c(C)c1[N+](=O)[O-]. The summed E-state index contributed by atoms with van der Waals surface area (Å²) in [5, 5.41) is 16.7. The van der Waals surface area contributed by atoms with E-state index < -0.39 is 4.92 Å². The molecule has 2 N–H and O–H groups in total. The summed E-state index contributed by atoms with van der Waals surface area (Å²) in [6.07, 6.45) is 1.48. The van der Waals surface area contributed by atoms with Crippen molar-refractivity contribution in [2.75, 3.05) is 6.54 Å². The fraction of sp³-hybridized carbons (Fsp3) is 0.538. The van der Waals surface area contributed by atoms with Crippen LogP contribution in [0.1, 0.15) is 30.7 Å². The van der Waals surface area contributed by atoms with Crippen molar-refractivity contribution < 1.29 is 9.72 Å². The summed E-state index contributed by atoms with van der Waals surface area (Å²) < 4.78 is 0. The van der Waals surface area contributed by atoms with E-state index in [-0.39, 0.29) is 24.2 Å². The molecule has 1 aromatic heterocycles. The Bertz CT molecular complexity index is 515. The second kappa shape index (κ2) is 6.95. The third-order valence-corrected chi connectivity index (χ3v) is 2.79. The highest BCUT2D eigenvalue weighted by Gasteiger charge is 2.18. The topological polar surface area (TPSA) is 97.2 Å². The minimum absolute atomic E-state index is 0.0865. The van der Waals surface area contributed by atoms with Crippen LogP contribution in [0.25, 0.3) is 0 Å². The number of nitrogens with one attached hydrogen (secondary N) is 2. The van der Waals surface area contributed by atoms with E-state index in [0.29, 0.717) is 23.4 Å². The first-order valence-corrected chi connectivity index (χ1v) is 6.42. The highest BCUT2D eigenvalue weighted by atomic mass is 16.6. The molecule has 1 amide bonds. The molecule has 0 bridgehead atoms. The van der Waals surface area contributed by atoms with E-state index in [1.54, 1.807) is 13.8 Å². The lowest BCUT2D eigenvalue weighted by molar-refractivity contribution is -0.386. The number of nitrogens with zero attached hydrogens (tertiary/aromatic N) is 2. The second-order valence-electron chi connectivity index (χ2n) is 4.94. The molecule has 0 radical (unpaired) electrons. The molecule has 0 saturated heterocycles. The molecule has 1 heterocycles. The summed E-state index contributed by atoms with van der Waals surface area (Å²) in [5.74, 6) is -0.112. The van der Waals surface area contributed by atoms with E-state index in [0.717, 1.165) is 0 Å². The average molecular weight is 280 g/mol. The number of hydrogen-bond donors (Lipinski definition) is 2. The highest BCUT2D eigenvalue weighted by Crippen LogP contribution is 2.23. The Balaban J connectivity index is 2.68. The van der Waals surface area contributed by atoms with Gasteiger partial charge in [-0.1, -0.05) is 0 Å². The summed E-state index contributed by atoms with van der Waals surface area (Å²) in [6, 6.07) is 0.0876. The number of rotatable bonds is 6. The first-order valence-electron chi connectivity index (χ1n) is 6.42. The summed E-state index contributed by atoms with van der Waals surface area (Å²) in [6.45, 7) is 7.56. The van der Waals surface area contributed by atoms with Crippen LogP contribution in [0.3, 0.4) is 0 Å². The van der Waals surface area contributed by atoms with Gasteiger partial charge >= 0.3 is 0 Å². The Hall–Kier alpha value is -2.02. The van der Waals surface area contributed by atoms with Crippen LogP contribution >= 0.6 is 0 Å². The third kappa shape index (κ3) is 4.27. The molecule has 7 nitrogen and oxygen atoms in total. The van der Waals surface area contributed by atoms with Crippen LogP contribution in [0.2, 0.25) is 0 Å². The number of amides is 1. The molecule has 1 rings (SSSR count). The van der Waals surface area contributed by atoms with Crippen molar-refractivity contribution in [1.82, 2.24) is 15.6 Å². The van der Waals surface area contributed by atoms with Crippen LogP contribution in [-0.2, 0) is 11.3 Å². The molecular formula is C13H20N4O3. The quantitative estimate of drug-likeness (QED) is 0.603. The number of nitro groups is 1. The van der Waals surface area contributed by atoms with Crippen LogP contribution in [0.15, 0.2) is 6.20 Å². The Morgan fingerprint density at radius 2 is 2.10 bits per heavy atom. The molecule has 20 heavy (non-hydrogen) atoms. The Kier molecular flexibility index (Phi) is 5.57. The minimum atomic E-state index is -0.401. The smallest absolute Gasteiger partial charge is 0.278 e. The van der Waals surface area contributed by atoms with Gasteiger partial charge in [0.15, 0.2) is 0 Å². The predicted molar refractivity (Wildman–Crippen MR) is 75.4 cm³/mol. The molecule has 1 aromatic rings. The molecule has 0 aliphatic heterocycles. The van der Waals surface area contributed by atoms with E-state index >= 15 is 0 Å². The standard InChI is InChI=1S/C13H20N4O3/c1-8(2)16-12(18)7-14-6-11-10(4)13(17(19)20)9(3)5-15-11/h5,8,14H,6-7H2,1-4H3,(H,16,18). The molecule has 0 aliphatic rings. The molecule has 0 unspecified atom stereocenters. The van der Waals surface area contributed by atoms with E-state index in [1.165, 1.54) is 6.20 Å². The van der Waals surface area contributed by atoms with Crippen LogP contribution in [-0.4, -0.2) is 28.4 Å². The van der Waals surface area contributed by atoms with Gasteiger partial charge in [0, 0.05) is 29.9 Å². The molecule has 0 saturated carbocycles. The van der Waals surface area contributed by atoms with Gasteiger partial charge in [-0.05, 0) is 27.7 Å². The molecule has 0 spiro atoms. The molecule has 0 fully saturated rings. The fourth-order valence-corrected chi connectivity index (χ4v) is 1.89. The van der Waals surface area contributed by atoms with E-state index in [2.05, 4.69) is 15.6 Å². The predicted octanol–water partition coefficient (Wildman–Crippen LogP) is 1.22. The lowest BCUT2D eigenvalue weighted by Gasteiger charge is -2.10. The number of aromatic nitrogens is 1. The van der Waals surface area contributed by atoms with Crippen molar-refractivity contribution in [1.29, 1.82) is 0 Å². The van der Waals surface area contributed by atoms with Gasteiger partial charge in [-0.25, -0.2) is 0 Å². The Morgan fingerprint density at radius 3 is 2.65 bits per heavy atom. The largest absolute Gasteiger partial charge is 0.353 e. The number of hydrogen-bond acceptors (Lipinski definition) is 5. The molecule has 0 aromatic carbocycles. The molecule has 110 valence electrons. The van der Waals surface area contributed by atoms with Crippen molar-refractivity contribution in [3.8, 4) is 0 Å². The van der Waals surface area contributed by atoms with Crippen molar-refractivity contribution in [2.45, 2.75) is 40.3 Å². The van der Waals surface area contributed by atoms with E-state index in [1.807, 2.05) is 13.8 Å². The summed E-state index contributed by atoms with van der Waals surface area (Å²) in [4.78, 5) is 26.2. The lowest BCUT2D eigenvalue weighted by Crippen LogP contribution is -2.37. The zero-order chi connectivity index (χ0) is 15.3. The zero-order valence-electron chi connectivity index (χ0n) is 12.2. The summed E-state index contributed by atoms with van der Waals surface area (Å²) >= 11 is 0. The molecule has 7 heteroatoms. The molecule has 0 atom stereocenters. The van der Waals surface area contributed by atoms with E-state index in [9.17, 15) is 14.9 Å². The average Bonchev–Trinajstić information content (AvgIpc) is 2.30. The summed E-state index contributed by atoms with van der Waals surface area (Å²) in [5.41, 5.74) is 1.74. The van der Waals surface area contributed by atoms with Gasteiger partial charge in [-0.3, -0.25) is 19.9 Å². The lowest BCUT2D eigenvalue weighted by atomic mass is 10.1. The van der Waals surface area contributed by atoms with Crippen molar-refractivity contribution >= 4 is 11.6 Å². The van der Waals surface area contributed by atoms with Gasteiger partial charge in [0.05, 0.1) is 17.2 Å². The van der Waals surface area contributed by atoms with Crippen LogP contribution in [0.4, 0.5) is 5.69 Å². The van der Waals surface area contributed by atoms with Gasteiger partial charge in [0.2, 0.25) is 5.91 Å². The first kappa shape index (κ1) is 16.0. The maximum absolute atomic E-state index is 11.5. The minimum Gasteiger partial charge on any atom is -0.353 e. The van der Waals surface area contributed by atoms with Gasteiger partial charge < -0.3 is 10.6 Å². The van der Waals surface area contributed by atoms with E-state index in [4.69, 9.17) is 0 Å². The van der Waals surface area contributed by atoms with Gasteiger partial charge in [0.1, 0.15) is 0 Å². The second-order valence-corrected chi connectivity index (χ2v) is 4.94. The van der Waals surface area contributed by atoms with Crippen molar-refractivity contribution in [3.63, 3.8) is 0 Å². The summed E-state index contributed by atoms with van der Waals surface area (Å²) in [7, 11) is 0. The first-order chi connectivity index (χ1) is 9.32. The zero-order valence-corrected chi connectivity index (χ0v) is 12.2. The Morgan fingerprint density at radius 1 is 1.45 bits per heavy atom. The number of aryl methyl sites for hydroxylation is 1. The van der Waals surface area contributed by atoms with Crippen molar-refractivity contribution in [3.05, 3.63) is 33.1 Å².